The minimum absolute atomic E-state index is 0.0348. The molecule has 0 amide bonds. The standard InChI is InChI=1S/C14H13BrO2S/c1-8-2-5-14(18-8)13-7-11(16)10-6-9(15)3-4-12(10)17-13/h2-6,11,13,16H,7H2,1H3/t11-,13?/m0/s1. The van der Waals surface area contributed by atoms with E-state index in [1.54, 1.807) is 11.3 Å². The molecule has 0 saturated carbocycles. The van der Waals surface area contributed by atoms with Crippen molar-refractivity contribution >= 4 is 27.3 Å². The van der Waals surface area contributed by atoms with Crippen molar-refractivity contribution in [1.82, 2.24) is 0 Å². The fourth-order valence-electron chi connectivity index (χ4n) is 2.22. The fraction of sp³-hybridized carbons (Fsp3) is 0.286. The number of hydrogen-bond acceptors (Lipinski definition) is 3. The number of rotatable bonds is 1. The first kappa shape index (κ1) is 12.2. The Morgan fingerprint density at radius 3 is 2.89 bits per heavy atom. The van der Waals surface area contributed by atoms with Gasteiger partial charge in [-0.15, -0.1) is 11.3 Å². The van der Waals surface area contributed by atoms with Crippen LogP contribution in [0.3, 0.4) is 0 Å². The van der Waals surface area contributed by atoms with Crippen molar-refractivity contribution in [3.63, 3.8) is 0 Å². The van der Waals surface area contributed by atoms with Crippen LogP contribution in [-0.2, 0) is 0 Å². The van der Waals surface area contributed by atoms with Gasteiger partial charge in [-0.05, 0) is 37.3 Å². The predicted molar refractivity (Wildman–Crippen MR) is 76.1 cm³/mol. The molecule has 0 bridgehead atoms. The van der Waals surface area contributed by atoms with Gasteiger partial charge in [0, 0.05) is 26.2 Å². The van der Waals surface area contributed by atoms with Gasteiger partial charge in [0.2, 0.25) is 0 Å². The van der Waals surface area contributed by atoms with E-state index in [1.165, 1.54) is 9.75 Å². The third kappa shape index (κ3) is 2.20. The highest BCUT2D eigenvalue weighted by Crippen LogP contribution is 2.43. The van der Waals surface area contributed by atoms with Crippen LogP contribution in [0.2, 0.25) is 0 Å². The van der Waals surface area contributed by atoms with E-state index in [-0.39, 0.29) is 6.10 Å². The van der Waals surface area contributed by atoms with E-state index in [0.717, 1.165) is 15.8 Å². The number of aliphatic hydroxyl groups is 1. The largest absolute Gasteiger partial charge is 0.484 e. The Labute approximate surface area is 118 Å². The van der Waals surface area contributed by atoms with Crippen molar-refractivity contribution in [3.8, 4) is 5.75 Å². The molecule has 1 N–H and O–H groups in total. The second kappa shape index (κ2) is 4.68. The Bertz CT molecular complexity index is 579. The first-order valence-electron chi connectivity index (χ1n) is 5.84. The van der Waals surface area contributed by atoms with Gasteiger partial charge in [0.1, 0.15) is 11.9 Å². The molecule has 2 nitrogen and oxygen atoms in total. The maximum absolute atomic E-state index is 10.2. The molecular weight excluding hydrogens is 312 g/mol. The number of fused-ring (bicyclic) bond motifs is 1. The van der Waals surface area contributed by atoms with E-state index in [2.05, 4.69) is 35.0 Å². The zero-order valence-electron chi connectivity index (χ0n) is 9.89. The van der Waals surface area contributed by atoms with E-state index in [1.807, 2.05) is 18.2 Å². The molecule has 3 rings (SSSR count). The molecule has 0 radical (unpaired) electrons. The first-order chi connectivity index (χ1) is 8.63. The molecule has 1 aliphatic rings. The molecule has 0 fully saturated rings. The number of hydrogen-bond donors (Lipinski definition) is 1. The average Bonchev–Trinajstić information content (AvgIpc) is 2.77. The summed E-state index contributed by atoms with van der Waals surface area (Å²) < 4.78 is 6.95. The molecule has 0 spiro atoms. The normalized spacial score (nSPS) is 22.4. The summed E-state index contributed by atoms with van der Waals surface area (Å²) in [5.41, 5.74) is 0.869. The van der Waals surface area contributed by atoms with Gasteiger partial charge >= 0.3 is 0 Å². The Morgan fingerprint density at radius 2 is 2.17 bits per heavy atom. The molecule has 1 unspecified atom stereocenters. The molecule has 2 heterocycles. The van der Waals surface area contributed by atoms with E-state index in [9.17, 15) is 5.11 Å². The lowest BCUT2D eigenvalue weighted by Crippen LogP contribution is -2.18. The Morgan fingerprint density at radius 1 is 1.33 bits per heavy atom. The van der Waals surface area contributed by atoms with Crippen molar-refractivity contribution in [1.29, 1.82) is 0 Å². The summed E-state index contributed by atoms with van der Waals surface area (Å²) in [5.74, 6) is 0.785. The molecule has 4 heteroatoms. The summed E-state index contributed by atoms with van der Waals surface area (Å²) in [6.07, 6.45) is 0.120. The van der Waals surface area contributed by atoms with Crippen LogP contribution in [0, 0.1) is 6.92 Å². The van der Waals surface area contributed by atoms with Crippen molar-refractivity contribution < 1.29 is 9.84 Å². The second-order valence-corrected chi connectivity index (χ2v) is 6.72. The molecule has 0 aliphatic carbocycles. The Hall–Kier alpha value is -0.840. The third-order valence-electron chi connectivity index (χ3n) is 3.12. The minimum atomic E-state index is -0.460. The molecule has 0 saturated heterocycles. The lowest BCUT2D eigenvalue weighted by Gasteiger charge is -2.29. The van der Waals surface area contributed by atoms with Gasteiger partial charge < -0.3 is 9.84 Å². The van der Waals surface area contributed by atoms with Gasteiger partial charge in [0.05, 0.1) is 6.10 Å². The van der Waals surface area contributed by atoms with Gasteiger partial charge in [0.25, 0.3) is 0 Å². The monoisotopic (exact) mass is 324 g/mol. The van der Waals surface area contributed by atoms with Crippen LogP contribution in [0.5, 0.6) is 5.75 Å². The quantitative estimate of drug-likeness (QED) is 0.843. The molecule has 1 aliphatic heterocycles. The van der Waals surface area contributed by atoms with Gasteiger partial charge in [-0.2, -0.15) is 0 Å². The van der Waals surface area contributed by atoms with E-state index >= 15 is 0 Å². The number of benzene rings is 1. The second-order valence-electron chi connectivity index (χ2n) is 4.49. The average molecular weight is 325 g/mol. The lowest BCUT2D eigenvalue weighted by atomic mass is 9.98. The van der Waals surface area contributed by atoms with Gasteiger partial charge in [0.15, 0.2) is 0 Å². The zero-order chi connectivity index (χ0) is 12.7. The smallest absolute Gasteiger partial charge is 0.136 e. The van der Waals surface area contributed by atoms with E-state index in [0.29, 0.717) is 6.42 Å². The molecule has 94 valence electrons. The van der Waals surface area contributed by atoms with Crippen LogP contribution in [0.1, 0.15) is 33.9 Å². The van der Waals surface area contributed by atoms with Crippen LogP contribution in [0.15, 0.2) is 34.8 Å². The molecule has 1 aromatic carbocycles. The Balaban J connectivity index is 1.94. The summed E-state index contributed by atoms with van der Waals surface area (Å²) in [4.78, 5) is 2.45. The molecule has 1 aromatic heterocycles. The van der Waals surface area contributed by atoms with Gasteiger partial charge in [-0.3, -0.25) is 0 Å². The number of thiophene rings is 1. The highest BCUT2D eigenvalue weighted by atomic mass is 79.9. The molecular formula is C14H13BrO2S. The predicted octanol–water partition coefficient (Wildman–Crippen LogP) is 4.38. The van der Waals surface area contributed by atoms with Crippen molar-refractivity contribution in [2.75, 3.05) is 0 Å². The van der Waals surface area contributed by atoms with E-state index in [4.69, 9.17) is 4.74 Å². The highest BCUT2D eigenvalue weighted by molar-refractivity contribution is 9.10. The van der Waals surface area contributed by atoms with Gasteiger partial charge in [-0.1, -0.05) is 15.9 Å². The maximum atomic E-state index is 10.2. The molecule has 18 heavy (non-hydrogen) atoms. The molecule has 2 atom stereocenters. The van der Waals surface area contributed by atoms with Crippen LogP contribution in [0.4, 0.5) is 0 Å². The van der Waals surface area contributed by atoms with Crippen LogP contribution in [0.25, 0.3) is 0 Å². The fourth-order valence-corrected chi connectivity index (χ4v) is 3.52. The number of ether oxygens (including phenoxy) is 1. The Kier molecular flexibility index (Phi) is 3.18. The van der Waals surface area contributed by atoms with Crippen LogP contribution < -0.4 is 4.74 Å². The summed E-state index contributed by atoms with van der Waals surface area (Å²) in [6, 6.07) is 9.95. The SMILES string of the molecule is Cc1ccc(C2C[C@H](O)c3cc(Br)ccc3O2)s1. The maximum Gasteiger partial charge on any atom is 0.136 e. The summed E-state index contributed by atoms with van der Waals surface area (Å²) >= 11 is 5.15. The van der Waals surface area contributed by atoms with Crippen molar-refractivity contribution in [2.24, 2.45) is 0 Å². The highest BCUT2D eigenvalue weighted by Gasteiger charge is 2.28. The number of aryl methyl sites for hydroxylation is 1. The summed E-state index contributed by atoms with van der Waals surface area (Å²) in [7, 11) is 0. The lowest BCUT2D eigenvalue weighted by molar-refractivity contribution is 0.0674. The summed E-state index contributed by atoms with van der Waals surface area (Å²) in [6.45, 7) is 2.08. The van der Waals surface area contributed by atoms with Crippen molar-refractivity contribution in [2.45, 2.75) is 25.6 Å². The number of halogens is 1. The molecule has 2 aromatic rings. The number of aliphatic hydroxyl groups excluding tert-OH is 1. The zero-order valence-corrected chi connectivity index (χ0v) is 12.3. The van der Waals surface area contributed by atoms with Crippen molar-refractivity contribution in [3.05, 3.63) is 50.1 Å². The minimum Gasteiger partial charge on any atom is -0.484 e. The van der Waals surface area contributed by atoms with Crippen LogP contribution in [-0.4, -0.2) is 5.11 Å². The van der Waals surface area contributed by atoms with Gasteiger partial charge in [-0.25, -0.2) is 0 Å². The third-order valence-corrected chi connectivity index (χ3v) is 4.70. The van der Waals surface area contributed by atoms with E-state index < -0.39 is 6.10 Å². The first-order valence-corrected chi connectivity index (χ1v) is 7.45. The topological polar surface area (TPSA) is 29.5 Å². The summed E-state index contributed by atoms with van der Waals surface area (Å²) in [5, 5.41) is 10.2. The van der Waals surface area contributed by atoms with Crippen LogP contribution >= 0.6 is 27.3 Å².